The van der Waals surface area contributed by atoms with E-state index in [0.29, 0.717) is 13.0 Å². The van der Waals surface area contributed by atoms with Crippen molar-refractivity contribution in [3.05, 3.63) is 17.5 Å². The Balaban J connectivity index is 2.12. The number of aryl methyl sites for hydroxylation is 2. The summed E-state index contributed by atoms with van der Waals surface area (Å²) in [6.45, 7) is 4.41. The van der Waals surface area contributed by atoms with Crippen molar-refractivity contribution in [1.29, 1.82) is 0 Å². The molecule has 110 valence electrons. The van der Waals surface area contributed by atoms with Gasteiger partial charge in [0, 0.05) is 12.2 Å². The average molecular weight is 279 g/mol. The van der Waals surface area contributed by atoms with E-state index < -0.39 is 12.0 Å². The molecule has 2 heterocycles. The summed E-state index contributed by atoms with van der Waals surface area (Å²) in [5.74, 6) is -1.07. The summed E-state index contributed by atoms with van der Waals surface area (Å²) in [6, 6.07) is 1.21. The third-order valence-electron chi connectivity index (χ3n) is 3.75. The van der Waals surface area contributed by atoms with E-state index in [1.54, 1.807) is 4.68 Å². The Morgan fingerprint density at radius 2 is 2.10 bits per heavy atom. The van der Waals surface area contributed by atoms with Gasteiger partial charge in [-0.3, -0.25) is 9.48 Å². The molecule has 6 heteroatoms. The third-order valence-corrected chi connectivity index (χ3v) is 3.75. The number of likely N-dealkylation sites (tertiary alicyclic amines) is 1. The lowest BCUT2D eigenvalue weighted by Crippen LogP contribution is -2.46. The van der Waals surface area contributed by atoms with Gasteiger partial charge >= 0.3 is 5.97 Å². The summed E-state index contributed by atoms with van der Waals surface area (Å²) in [6.07, 6.45) is 3.25. The van der Waals surface area contributed by atoms with Gasteiger partial charge in [-0.2, -0.15) is 5.10 Å². The minimum Gasteiger partial charge on any atom is -0.480 e. The summed E-state index contributed by atoms with van der Waals surface area (Å²) < 4.78 is 1.64. The highest BCUT2D eigenvalue weighted by Gasteiger charge is 2.30. The number of carboxylic acid groups (broad SMARTS) is 1. The summed E-state index contributed by atoms with van der Waals surface area (Å²) in [7, 11) is 0. The fourth-order valence-corrected chi connectivity index (χ4v) is 2.72. The van der Waals surface area contributed by atoms with Gasteiger partial charge < -0.3 is 10.0 Å². The van der Waals surface area contributed by atoms with Crippen molar-refractivity contribution in [1.82, 2.24) is 14.7 Å². The molecule has 2 rings (SSSR count). The van der Waals surface area contributed by atoms with Gasteiger partial charge in [-0.05, 0) is 32.8 Å². The normalized spacial score (nSPS) is 19.7. The van der Waals surface area contributed by atoms with Crippen molar-refractivity contribution in [3.8, 4) is 0 Å². The molecule has 1 fully saturated rings. The number of hydrogen-bond donors (Lipinski definition) is 1. The smallest absolute Gasteiger partial charge is 0.326 e. The highest BCUT2D eigenvalue weighted by Crippen LogP contribution is 2.18. The average Bonchev–Trinajstić information content (AvgIpc) is 2.60. The first kappa shape index (κ1) is 14.6. The van der Waals surface area contributed by atoms with E-state index in [9.17, 15) is 14.7 Å². The number of carbonyl (C=O) groups is 2. The van der Waals surface area contributed by atoms with Crippen LogP contribution in [-0.4, -0.2) is 44.3 Å². The number of hydrogen-bond acceptors (Lipinski definition) is 3. The van der Waals surface area contributed by atoms with Crippen molar-refractivity contribution in [2.75, 3.05) is 6.54 Å². The Hall–Kier alpha value is -1.85. The van der Waals surface area contributed by atoms with Gasteiger partial charge in [-0.25, -0.2) is 4.79 Å². The molecule has 0 saturated carbocycles. The lowest BCUT2D eigenvalue weighted by molar-refractivity contribution is -0.150. The van der Waals surface area contributed by atoms with Crippen LogP contribution in [0.1, 0.15) is 37.1 Å². The van der Waals surface area contributed by atoms with Crippen LogP contribution in [0.4, 0.5) is 0 Å². The lowest BCUT2D eigenvalue weighted by atomic mass is 10.1. The molecule has 1 atom stereocenters. The zero-order chi connectivity index (χ0) is 14.7. The van der Waals surface area contributed by atoms with E-state index in [1.165, 1.54) is 4.90 Å². The summed E-state index contributed by atoms with van der Waals surface area (Å²) in [4.78, 5) is 25.2. The molecule has 1 N–H and O–H groups in total. The highest BCUT2D eigenvalue weighted by molar-refractivity contribution is 5.83. The SMILES string of the molecule is Cc1cc(C)n(CC(=O)N2CCCCCC2C(=O)O)n1. The lowest BCUT2D eigenvalue weighted by Gasteiger charge is -2.27. The number of aromatic nitrogens is 2. The molecule has 1 aromatic rings. The maximum absolute atomic E-state index is 12.4. The zero-order valence-electron chi connectivity index (χ0n) is 12.0. The molecule has 0 aliphatic carbocycles. The Bertz CT molecular complexity index is 510. The zero-order valence-corrected chi connectivity index (χ0v) is 12.0. The Morgan fingerprint density at radius 3 is 2.70 bits per heavy atom. The van der Waals surface area contributed by atoms with Gasteiger partial charge in [0.05, 0.1) is 5.69 Å². The summed E-state index contributed by atoms with van der Waals surface area (Å²) in [5.41, 5.74) is 1.78. The fraction of sp³-hybridized carbons (Fsp3) is 0.643. The predicted molar refractivity (Wildman–Crippen MR) is 73.3 cm³/mol. The molecule has 0 aromatic carbocycles. The second-order valence-corrected chi connectivity index (χ2v) is 5.38. The van der Waals surface area contributed by atoms with Crippen molar-refractivity contribution >= 4 is 11.9 Å². The fourth-order valence-electron chi connectivity index (χ4n) is 2.72. The molecule has 1 aliphatic heterocycles. The van der Waals surface area contributed by atoms with E-state index in [1.807, 2.05) is 19.9 Å². The first-order valence-corrected chi connectivity index (χ1v) is 7.02. The van der Waals surface area contributed by atoms with Crippen LogP contribution in [0.25, 0.3) is 0 Å². The third kappa shape index (κ3) is 3.18. The second kappa shape index (κ2) is 6.07. The Morgan fingerprint density at radius 1 is 1.35 bits per heavy atom. The van der Waals surface area contributed by atoms with Gasteiger partial charge in [0.15, 0.2) is 0 Å². The molecule has 0 radical (unpaired) electrons. The van der Waals surface area contributed by atoms with E-state index in [-0.39, 0.29) is 12.5 Å². The van der Waals surface area contributed by atoms with Gasteiger partial charge in [-0.15, -0.1) is 0 Å². The maximum Gasteiger partial charge on any atom is 0.326 e. The molecule has 1 amide bonds. The second-order valence-electron chi connectivity index (χ2n) is 5.38. The minimum atomic E-state index is -0.909. The molecule has 1 aromatic heterocycles. The van der Waals surface area contributed by atoms with Crippen LogP contribution >= 0.6 is 0 Å². The number of nitrogens with zero attached hydrogens (tertiary/aromatic N) is 3. The van der Waals surface area contributed by atoms with Gasteiger partial charge in [0.25, 0.3) is 0 Å². The molecular weight excluding hydrogens is 258 g/mol. The van der Waals surface area contributed by atoms with Crippen molar-refractivity contribution in [2.24, 2.45) is 0 Å². The Labute approximate surface area is 118 Å². The van der Waals surface area contributed by atoms with Crippen LogP contribution in [0.5, 0.6) is 0 Å². The van der Waals surface area contributed by atoms with Crippen molar-refractivity contribution in [2.45, 2.75) is 52.1 Å². The monoisotopic (exact) mass is 279 g/mol. The van der Waals surface area contributed by atoms with Crippen molar-refractivity contribution in [3.63, 3.8) is 0 Å². The van der Waals surface area contributed by atoms with Crippen LogP contribution in [0, 0.1) is 13.8 Å². The van der Waals surface area contributed by atoms with E-state index in [0.717, 1.165) is 30.7 Å². The number of amides is 1. The van der Waals surface area contributed by atoms with Crippen LogP contribution < -0.4 is 0 Å². The Kier molecular flexibility index (Phi) is 4.42. The van der Waals surface area contributed by atoms with Crippen LogP contribution in [0.2, 0.25) is 0 Å². The number of carboxylic acids is 1. The molecule has 0 spiro atoms. The first-order chi connectivity index (χ1) is 9.49. The topological polar surface area (TPSA) is 75.4 Å². The molecule has 0 bridgehead atoms. The molecule has 1 unspecified atom stereocenters. The standard InChI is InChI=1S/C14H21N3O3/c1-10-8-11(2)17(15-10)9-13(18)16-7-5-3-4-6-12(16)14(19)20/h8,12H,3-7,9H2,1-2H3,(H,19,20). The molecular formula is C14H21N3O3. The first-order valence-electron chi connectivity index (χ1n) is 7.02. The van der Waals surface area contributed by atoms with E-state index >= 15 is 0 Å². The predicted octanol–water partition coefficient (Wildman–Crippen LogP) is 1.36. The van der Waals surface area contributed by atoms with Crippen LogP contribution in [0.15, 0.2) is 6.07 Å². The summed E-state index contributed by atoms with van der Waals surface area (Å²) in [5, 5.41) is 13.6. The summed E-state index contributed by atoms with van der Waals surface area (Å²) >= 11 is 0. The number of aliphatic carboxylic acids is 1. The molecule has 20 heavy (non-hydrogen) atoms. The van der Waals surface area contributed by atoms with E-state index in [4.69, 9.17) is 0 Å². The minimum absolute atomic E-state index is 0.115. The highest BCUT2D eigenvalue weighted by atomic mass is 16.4. The number of carbonyl (C=O) groups excluding carboxylic acids is 1. The quantitative estimate of drug-likeness (QED) is 0.906. The largest absolute Gasteiger partial charge is 0.480 e. The van der Waals surface area contributed by atoms with Gasteiger partial charge in [0.2, 0.25) is 5.91 Å². The number of rotatable bonds is 3. The van der Waals surface area contributed by atoms with Gasteiger partial charge in [-0.1, -0.05) is 12.8 Å². The maximum atomic E-state index is 12.4. The molecule has 6 nitrogen and oxygen atoms in total. The van der Waals surface area contributed by atoms with Crippen LogP contribution in [0.3, 0.4) is 0 Å². The molecule has 1 saturated heterocycles. The van der Waals surface area contributed by atoms with Crippen LogP contribution in [-0.2, 0) is 16.1 Å². The molecule has 1 aliphatic rings. The van der Waals surface area contributed by atoms with Gasteiger partial charge in [0.1, 0.15) is 12.6 Å². The van der Waals surface area contributed by atoms with E-state index in [2.05, 4.69) is 5.10 Å². The van der Waals surface area contributed by atoms with Crippen molar-refractivity contribution < 1.29 is 14.7 Å².